The average Bonchev–Trinajstić information content (AvgIpc) is 3.29. The maximum absolute atomic E-state index is 13.1. The number of rotatable bonds is 4. The maximum atomic E-state index is 13.1. The van der Waals surface area contributed by atoms with Crippen LogP contribution in [0, 0.1) is 6.92 Å². The van der Waals surface area contributed by atoms with Gasteiger partial charge in [0.1, 0.15) is 0 Å². The van der Waals surface area contributed by atoms with Crippen LogP contribution in [-0.4, -0.2) is 33.6 Å². The van der Waals surface area contributed by atoms with Crippen LogP contribution in [-0.2, 0) is 23.4 Å². The van der Waals surface area contributed by atoms with Crippen molar-refractivity contribution < 1.29 is 36.2 Å². The number of halogens is 6. The predicted octanol–water partition coefficient (Wildman–Crippen LogP) is 4.79. The Balaban J connectivity index is 1.59. The standard InChI is InChI=1S/C22H17F6N3O2/c1-12-8-17(30-29-12)14-4-7-18-15(9-14)10-19(32)31(18)11-13-2-5-16(6-3-13)20(33,21(23,24)25)22(26,27)28/h2-9,33H,10-11H2,1H3,(H,29,30). The van der Waals surface area contributed by atoms with Crippen molar-refractivity contribution >= 4 is 11.6 Å². The van der Waals surface area contributed by atoms with Crippen LogP contribution >= 0.6 is 0 Å². The summed E-state index contributed by atoms with van der Waals surface area (Å²) in [6.07, 6.45) is -11.8. The van der Waals surface area contributed by atoms with E-state index in [4.69, 9.17) is 0 Å². The fourth-order valence-electron chi connectivity index (χ4n) is 3.82. The Morgan fingerprint density at radius 2 is 1.64 bits per heavy atom. The topological polar surface area (TPSA) is 69.2 Å². The first-order valence-electron chi connectivity index (χ1n) is 9.72. The predicted molar refractivity (Wildman–Crippen MR) is 106 cm³/mol. The molecule has 0 spiro atoms. The van der Waals surface area contributed by atoms with Crippen molar-refractivity contribution in [3.05, 3.63) is 70.9 Å². The Hall–Kier alpha value is -3.34. The fraction of sp³-hybridized carbons (Fsp3) is 0.273. The molecule has 0 fully saturated rings. The third kappa shape index (κ3) is 3.86. The van der Waals surface area contributed by atoms with Crippen LogP contribution < -0.4 is 4.90 Å². The molecule has 0 radical (unpaired) electrons. The number of aromatic amines is 1. The molecule has 0 saturated heterocycles. The summed E-state index contributed by atoms with van der Waals surface area (Å²) in [7, 11) is 0. The number of amides is 1. The van der Waals surface area contributed by atoms with Crippen molar-refractivity contribution in [3.8, 4) is 11.3 Å². The van der Waals surface area contributed by atoms with Crippen molar-refractivity contribution in [2.24, 2.45) is 0 Å². The molecule has 0 unspecified atom stereocenters. The van der Waals surface area contributed by atoms with Crippen LogP contribution in [0.1, 0.15) is 22.4 Å². The van der Waals surface area contributed by atoms with E-state index in [0.29, 0.717) is 23.4 Å². The molecular formula is C22H17F6N3O2. The highest BCUT2D eigenvalue weighted by atomic mass is 19.4. The van der Waals surface area contributed by atoms with Gasteiger partial charge < -0.3 is 10.0 Å². The smallest absolute Gasteiger partial charge is 0.369 e. The molecule has 3 aromatic rings. The summed E-state index contributed by atoms with van der Waals surface area (Å²) in [5.41, 5.74) is -2.29. The van der Waals surface area contributed by atoms with Gasteiger partial charge in [-0.25, -0.2) is 0 Å². The van der Waals surface area contributed by atoms with Crippen LogP contribution in [0.2, 0.25) is 0 Å². The molecular weight excluding hydrogens is 452 g/mol. The molecule has 33 heavy (non-hydrogen) atoms. The van der Waals surface area contributed by atoms with E-state index in [-0.39, 0.29) is 18.9 Å². The average molecular weight is 469 g/mol. The van der Waals surface area contributed by atoms with Crippen molar-refractivity contribution in [1.29, 1.82) is 0 Å². The minimum atomic E-state index is -5.96. The molecule has 11 heteroatoms. The van der Waals surface area contributed by atoms with Crippen LogP contribution in [0.4, 0.5) is 32.0 Å². The maximum Gasteiger partial charge on any atom is 0.430 e. The fourth-order valence-corrected chi connectivity index (χ4v) is 3.82. The quantitative estimate of drug-likeness (QED) is 0.540. The van der Waals surface area contributed by atoms with Crippen molar-refractivity contribution in [2.45, 2.75) is 37.8 Å². The van der Waals surface area contributed by atoms with Gasteiger partial charge in [0, 0.05) is 11.3 Å². The van der Waals surface area contributed by atoms with Gasteiger partial charge in [0.15, 0.2) is 0 Å². The minimum absolute atomic E-state index is 0.0505. The summed E-state index contributed by atoms with van der Waals surface area (Å²) in [5, 5.41) is 16.5. The summed E-state index contributed by atoms with van der Waals surface area (Å²) in [5.74, 6) is -0.255. The molecule has 1 aliphatic rings. The van der Waals surface area contributed by atoms with E-state index >= 15 is 0 Å². The van der Waals surface area contributed by atoms with E-state index in [2.05, 4.69) is 10.2 Å². The van der Waals surface area contributed by atoms with Crippen LogP contribution in [0.3, 0.4) is 0 Å². The largest absolute Gasteiger partial charge is 0.430 e. The molecule has 2 heterocycles. The van der Waals surface area contributed by atoms with E-state index < -0.39 is 23.5 Å². The molecule has 1 aromatic heterocycles. The lowest BCUT2D eigenvalue weighted by Gasteiger charge is -2.32. The molecule has 0 saturated carbocycles. The molecule has 2 N–H and O–H groups in total. The van der Waals surface area contributed by atoms with Crippen molar-refractivity contribution in [2.75, 3.05) is 4.90 Å². The number of aromatic nitrogens is 2. The Morgan fingerprint density at radius 1 is 1.00 bits per heavy atom. The van der Waals surface area contributed by atoms with Crippen LogP contribution in [0.25, 0.3) is 11.3 Å². The van der Waals surface area contributed by atoms with Crippen LogP contribution in [0.5, 0.6) is 0 Å². The minimum Gasteiger partial charge on any atom is -0.369 e. The Labute approximate surface area is 183 Å². The molecule has 1 amide bonds. The normalized spacial score (nSPS) is 14.7. The van der Waals surface area contributed by atoms with Crippen molar-refractivity contribution in [3.63, 3.8) is 0 Å². The van der Waals surface area contributed by atoms with E-state index in [1.54, 1.807) is 12.1 Å². The summed E-state index contributed by atoms with van der Waals surface area (Å²) < 4.78 is 78.3. The number of anilines is 1. The number of hydrogen-bond donors (Lipinski definition) is 2. The number of aliphatic hydroxyl groups is 1. The second-order valence-electron chi connectivity index (χ2n) is 7.83. The zero-order valence-electron chi connectivity index (χ0n) is 17.1. The number of nitrogens with zero attached hydrogens (tertiary/aromatic N) is 2. The highest BCUT2D eigenvalue weighted by Gasteiger charge is 2.71. The van der Waals surface area contributed by atoms with Gasteiger partial charge in [-0.1, -0.05) is 30.3 Å². The Morgan fingerprint density at radius 3 is 2.18 bits per heavy atom. The first-order valence-corrected chi connectivity index (χ1v) is 9.72. The van der Waals surface area contributed by atoms with E-state index in [9.17, 15) is 36.2 Å². The summed E-state index contributed by atoms with van der Waals surface area (Å²) >= 11 is 0. The van der Waals surface area contributed by atoms with Crippen molar-refractivity contribution in [1.82, 2.24) is 10.2 Å². The van der Waals surface area contributed by atoms with E-state index in [1.807, 2.05) is 19.1 Å². The number of fused-ring (bicyclic) bond motifs is 1. The number of carbonyl (C=O) groups excluding carboxylic acids is 1. The monoisotopic (exact) mass is 469 g/mol. The van der Waals surface area contributed by atoms with Gasteiger partial charge >= 0.3 is 12.4 Å². The van der Waals surface area contributed by atoms with Gasteiger partial charge in [-0.15, -0.1) is 0 Å². The lowest BCUT2D eigenvalue weighted by atomic mass is 9.91. The van der Waals surface area contributed by atoms with E-state index in [1.165, 1.54) is 4.90 Å². The van der Waals surface area contributed by atoms with Crippen LogP contribution in [0.15, 0.2) is 48.5 Å². The number of aryl methyl sites for hydroxylation is 1. The molecule has 1 aliphatic heterocycles. The lowest BCUT2D eigenvalue weighted by Crippen LogP contribution is -2.53. The van der Waals surface area contributed by atoms with E-state index in [0.717, 1.165) is 34.6 Å². The first-order chi connectivity index (χ1) is 15.3. The second kappa shape index (κ2) is 7.62. The molecule has 4 rings (SSSR count). The number of nitrogens with one attached hydrogen (secondary N) is 1. The number of alkyl halides is 6. The van der Waals surface area contributed by atoms with Gasteiger partial charge in [0.25, 0.3) is 5.60 Å². The molecule has 5 nitrogen and oxygen atoms in total. The van der Waals surface area contributed by atoms with Gasteiger partial charge in [-0.2, -0.15) is 31.4 Å². The summed E-state index contributed by atoms with van der Waals surface area (Å²) in [6, 6.07) is 10.4. The Bertz CT molecular complexity index is 1180. The highest BCUT2D eigenvalue weighted by molar-refractivity contribution is 6.01. The SMILES string of the molecule is Cc1cc(-c2ccc3c(c2)CC(=O)N3Cc2ccc(C(O)(C(F)(F)F)C(F)(F)F)cc2)[nH]n1. The Kier molecular flexibility index (Phi) is 5.27. The zero-order chi connectivity index (χ0) is 24.2. The molecule has 0 atom stereocenters. The third-order valence-electron chi connectivity index (χ3n) is 5.56. The zero-order valence-corrected chi connectivity index (χ0v) is 17.1. The lowest BCUT2D eigenvalue weighted by molar-refractivity contribution is -0.376. The van der Waals surface area contributed by atoms with Gasteiger partial charge in [-0.3, -0.25) is 9.89 Å². The molecule has 174 valence electrons. The number of H-pyrrole nitrogens is 1. The number of carbonyl (C=O) groups is 1. The number of hydrogen-bond acceptors (Lipinski definition) is 3. The molecule has 2 aromatic carbocycles. The summed E-state index contributed by atoms with van der Waals surface area (Å²) in [4.78, 5) is 14.0. The van der Waals surface area contributed by atoms with Gasteiger partial charge in [-0.05, 0) is 41.8 Å². The first kappa shape index (κ1) is 22.8. The third-order valence-corrected chi connectivity index (χ3v) is 5.56. The number of benzene rings is 2. The molecule has 0 bridgehead atoms. The van der Waals surface area contributed by atoms with Gasteiger partial charge in [0.05, 0.1) is 24.4 Å². The second-order valence-corrected chi connectivity index (χ2v) is 7.83. The van der Waals surface area contributed by atoms with Gasteiger partial charge in [0.2, 0.25) is 5.91 Å². The summed E-state index contributed by atoms with van der Waals surface area (Å²) in [6.45, 7) is 1.78. The molecule has 0 aliphatic carbocycles. The highest BCUT2D eigenvalue weighted by Crippen LogP contribution is 2.50.